The minimum Gasteiger partial charge on any atom is -0.340 e. The second-order valence-corrected chi connectivity index (χ2v) is 7.30. The predicted octanol–water partition coefficient (Wildman–Crippen LogP) is 1.98. The lowest BCUT2D eigenvalue weighted by Crippen LogP contribution is -2.52. The molecule has 3 nitrogen and oxygen atoms in total. The Morgan fingerprint density at radius 2 is 2.33 bits per heavy atom. The number of nitrogens with one attached hydrogen (secondary N) is 1. The smallest absolute Gasteiger partial charge is 0.230 e. The van der Waals surface area contributed by atoms with Crippen LogP contribution in [-0.2, 0) is 4.79 Å². The van der Waals surface area contributed by atoms with E-state index >= 15 is 0 Å². The number of nitrogens with zero attached hydrogens (tertiary/aromatic N) is 1. The van der Waals surface area contributed by atoms with E-state index in [1.165, 1.54) is 6.42 Å². The number of carbonyl (C=O) groups excluding carboxylic acids is 1. The zero-order valence-corrected chi connectivity index (χ0v) is 12.7. The highest BCUT2D eigenvalue weighted by molar-refractivity contribution is 8.00. The molecule has 0 radical (unpaired) electrons. The molecule has 2 heterocycles. The van der Waals surface area contributed by atoms with Crippen molar-refractivity contribution in [3.05, 3.63) is 0 Å². The van der Waals surface area contributed by atoms with Gasteiger partial charge in [0, 0.05) is 30.6 Å². The number of amides is 1. The monoisotopic (exact) mass is 270 g/mol. The average Bonchev–Trinajstić information content (AvgIpc) is 2.88. The van der Waals surface area contributed by atoms with E-state index in [2.05, 4.69) is 31.0 Å². The molecule has 0 aromatic carbocycles. The Morgan fingerprint density at radius 3 is 2.89 bits per heavy atom. The standard InChI is InChI=1S/C14H26N2OS/c1-4-12-9-16(7-8-18-12)13(17)14(11(2)3)5-6-15-10-14/h11-12,15H,4-10H2,1-3H3. The fourth-order valence-electron chi connectivity index (χ4n) is 3.10. The van der Waals surface area contributed by atoms with Gasteiger partial charge in [-0.3, -0.25) is 4.79 Å². The first-order valence-corrected chi connectivity index (χ1v) is 8.26. The lowest BCUT2D eigenvalue weighted by atomic mass is 9.75. The van der Waals surface area contributed by atoms with Crippen molar-refractivity contribution in [1.29, 1.82) is 0 Å². The molecular formula is C14H26N2OS. The summed E-state index contributed by atoms with van der Waals surface area (Å²) < 4.78 is 0. The number of hydrogen-bond donors (Lipinski definition) is 1. The van der Waals surface area contributed by atoms with E-state index in [1.54, 1.807) is 0 Å². The molecule has 0 bridgehead atoms. The summed E-state index contributed by atoms with van der Waals surface area (Å²) in [6.07, 6.45) is 2.17. The highest BCUT2D eigenvalue weighted by Crippen LogP contribution is 2.37. The van der Waals surface area contributed by atoms with Crippen LogP contribution in [0.3, 0.4) is 0 Å². The molecule has 18 heavy (non-hydrogen) atoms. The van der Waals surface area contributed by atoms with E-state index in [0.717, 1.165) is 38.4 Å². The molecule has 2 aliphatic rings. The van der Waals surface area contributed by atoms with Crippen LogP contribution < -0.4 is 5.32 Å². The first kappa shape index (κ1) is 14.2. The summed E-state index contributed by atoms with van der Waals surface area (Å²) >= 11 is 2.02. The van der Waals surface area contributed by atoms with Crippen molar-refractivity contribution < 1.29 is 4.79 Å². The van der Waals surface area contributed by atoms with Crippen LogP contribution in [0.25, 0.3) is 0 Å². The van der Waals surface area contributed by atoms with Crippen LogP contribution in [0, 0.1) is 11.3 Å². The van der Waals surface area contributed by atoms with Crippen molar-refractivity contribution in [2.75, 3.05) is 31.9 Å². The normalized spacial score (nSPS) is 33.1. The van der Waals surface area contributed by atoms with Crippen molar-refractivity contribution in [2.45, 2.75) is 38.9 Å². The zero-order chi connectivity index (χ0) is 13.2. The number of hydrogen-bond acceptors (Lipinski definition) is 3. The number of rotatable bonds is 3. The zero-order valence-electron chi connectivity index (χ0n) is 11.9. The molecule has 2 unspecified atom stereocenters. The van der Waals surface area contributed by atoms with Gasteiger partial charge in [-0.15, -0.1) is 0 Å². The number of carbonyl (C=O) groups is 1. The quantitative estimate of drug-likeness (QED) is 0.851. The highest BCUT2D eigenvalue weighted by atomic mass is 32.2. The SMILES string of the molecule is CCC1CN(C(=O)C2(C(C)C)CCNC2)CCS1. The molecule has 0 saturated carbocycles. The molecule has 104 valence electrons. The van der Waals surface area contributed by atoms with Gasteiger partial charge in [0.05, 0.1) is 5.41 Å². The van der Waals surface area contributed by atoms with Crippen molar-refractivity contribution in [1.82, 2.24) is 10.2 Å². The van der Waals surface area contributed by atoms with E-state index in [1.807, 2.05) is 11.8 Å². The van der Waals surface area contributed by atoms with E-state index in [4.69, 9.17) is 0 Å². The van der Waals surface area contributed by atoms with Gasteiger partial charge in [0.25, 0.3) is 0 Å². The van der Waals surface area contributed by atoms with Gasteiger partial charge in [0.1, 0.15) is 0 Å². The van der Waals surface area contributed by atoms with E-state index in [-0.39, 0.29) is 5.41 Å². The Morgan fingerprint density at radius 1 is 1.56 bits per heavy atom. The van der Waals surface area contributed by atoms with Crippen molar-refractivity contribution >= 4 is 17.7 Å². The maximum Gasteiger partial charge on any atom is 0.230 e. The maximum atomic E-state index is 12.9. The molecule has 1 amide bonds. The van der Waals surface area contributed by atoms with Gasteiger partial charge in [0.15, 0.2) is 0 Å². The fraction of sp³-hybridized carbons (Fsp3) is 0.929. The van der Waals surface area contributed by atoms with Gasteiger partial charge in [0.2, 0.25) is 5.91 Å². The van der Waals surface area contributed by atoms with Gasteiger partial charge in [-0.25, -0.2) is 0 Å². The Balaban J connectivity index is 2.09. The summed E-state index contributed by atoms with van der Waals surface area (Å²) in [6, 6.07) is 0. The molecule has 0 spiro atoms. The lowest BCUT2D eigenvalue weighted by molar-refractivity contribution is -0.143. The van der Waals surface area contributed by atoms with E-state index in [9.17, 15) is 4.79 Å². The third-order valence-corrected chi connectivity index (χ3v) is 5.97. The van der Waals surface area contributed by atoms with Crippen molar-refractivity contribution in [3.8, 4) is 0 Å². The predicted molar refractivity (Wildman–Crippen MR) is 77.9 cm³/mol. The number of thioether (sulfide) groups is 1. The molecule has 1 N–H and O–H groups in total. The lowest BCUT2D eigenvalue weighted by Gasteiger charge is -2.40. The Labute approximate surface area is 115 Å². The van der Waals surface area contributed by atoms with Crippen molar-refractivity contribution in [3.63, 3.8) is 0 Å². The van der Waals surface area contributed by atoms with Gasteiger partial charge in [-0.1, -0.05) is 20.8 Å². The minimum absolute atomic E-state index is 0.139. The van der Waals surface area contributed by atoms with Crippen LogP contribution in [0.2, 0.25) is 0 Å². The summed E-state index contributed by atoms with van der Waals surface area (Å²) in [6.45, 7) is 10.4. The molecule has 2 saturated heterocycles. The third-order valence-electron chi connectivity index (χ3n) is 4.60. The second-order valence-electron chi connectivity index (χ2n) is 5.89. The van der Waals surface area contributed by atoms with Crippen LogP contribution in [0.5, 0.6) is 0 Å². The summed E-state index contributed by atoms with van der Waals surface area (Å²) in [4.78, 5) is 15.0. The van der Waals surface area contributed by atoms with Gasteiger partial charge in [-0.2, -0.15) is 11.8 Å². The molecule has 2 atom stereocenters. The largest absolute Gasteiger partial charge is 0.340 e. The summed E-state index contributed by atoms with van der Waals surface area (Å²) in [5.74, 6) is 1.93. The molecule has 4 heteroatoms. The maximum absolute atomic E-state index is 12.9. The van der Waals surface area contributed by atoms with E-state index < -0.39 is 0 Å². The molecule has 0 aliphatic carbocycles. The molecule has 0 aromatic rings. The second kappa shape index (κ2) is 5.83. The Kier molecular flexibility index (Phi) is 4.59. The van der Waals surface area contributed by atoms with Crippen LogP contribution >= 0.6 is 11.8 Å². The topological polar surface area (TPSA) is 32.3 Å². The average molecular weight is 270 g/mol. The summed E-state index contributed by atoms with van der Waals surface area (Å²) in [7, 11) is 0. The van der Waals surface area contributed by atoms with Crippen LogP contribution in [0.4, 0.5) is 0 Å². The first-order valence-electron chi connectivity index (χ1n) is 7.22. The molecule has 2 fully saturated rings. The van der Waals surface area contributed by atoms with Crippen LogP contribution in [0.1, 0.15) is 33.6 Å². The van der Waals surface area contributed by atoms with Gasteiger partial charge >= 0.3 is 0 Å². The first-order chi connectivity index (χ1) is 8.60. The van der Waals surface area contributed by atoms with Crippen LogP contribution in [-0.4, -0.2) is 48.0 Å². The van der Waals surface area contributed by atoms with Crippen LogP contribution in [0.15, 0.2) is 0 Å². The van der Waals surface area contributed by atoms with Gasteiger partial charge in [-0.05, 0) is 25.3 Å². The highest BCUT2D eigenvalue weighted by Gasteiger charge is 2.46. The fourth-order valence-corrected chi connectivity index (χ4v) is 4.28. The molecule has 2 rings (SSSR count). The Bertz CT molecular complexity index is 300. The minimum atomic E-state index is -0.139. The van der Waals surface area contributed by atoms with Gasteiger partial charge < -0.3 is 10.2 Å². The Hall–Kier alpha value is -0.220. The van der Waals surface area contributed by atoms with E-state index in [0.29, 0.717) is 17.1 Å². The third kappa shape index (κ3) is 2.55. The summed E-state index contributed by atoms with van der Waals surface area (Å²) in [5, 5.41) is 4.03. The summed E-state index contributed by atoms with van der Waals surface area (Å²) in [5.41, 5.74) is -0.139. The van der Waals surface area contributed by atoms with Crippen molar-refractivity contribution in [2.24, 2.45) is 11.3 Å². The molecule has 0 aromatic heterocycles. The molecular weight excluding hydrogens is 244 g/mol. The molecule has 2 aliphatic heterocycles.